The lowest BCUT2D eigenvalue weighted by molar-refractivity contribution is 0.412. The van der Waals surface area contributed by atoms with Gasteiger partial charge in [-0.25, -0.2) is 4.98 Å². The second-order valence-electron chi connectivity index (χ2n) is 4.88. The number of para-hydroxylation sites is 1. The van der Waals surface area contributed by atoms with Gasteiger partial charge in [-0.05, 0) is 47.1 Å². The van der Waals surface area contributed by atoms with Crippen LogP contribution >= 0.6 is 15.9 Å². The molecule has 0 saturated heterocycles. The first-order valence-electron chi connectivity index (χ1n) is 6.69. The summed E-state index contributed by atoms with van der Waals surface area (Å²) in [5.41, 5.74) is 8.99. The van der Waals surface area contributed by atoms with E-state index < -0.39 is 0 Å². The second kappa shape index (κ2) is 5.50. The summed E-state index contributed by atoms with van der Waals surface area (Å²) in [5.74, 6) is 1.60. The van der Waals surface area contributed by atoms with Crippen LogP contribution in [0.1, 0.15) is 18.8 Å². The molecular formula is C16H16BrN3O. The predicted molar refractivity (Wildman–Crippen MR) is 87.9 cm³/mol. The monoisotopic (exact) mass is 345 g/mol. The molecule has 0 aliphatic carbocycles. The van der Waals surface area contributed by atoms with Gasteiger partial charge in [-0.15, -0.1) is 0 Å². The summed E-state index contributed by atoms with van der Waals surface area (Å²) in [6.45, 7) is 1.94. The average molecular weight is 346 g/mol. The van der Waals surface area contributed by atoms with Crippen molar-refractivity contribution in [3.8, 4) is 11.4 Å². The highest BCUT2D eigenvalue weighted by Crippen LogP contribution is 2.36. The smallest absolute Gasteiger partial charge is 0.135 e. The molecule has 0 aliphatic heterocycles. The molecule has 3 aromatic rings. The molecule has 21 heavy (non-hydrogen) atoms. The van der Waals surface area contributed by atoms with E-state index in [-0.39, 0.29) is 6.04 Å². The van der Waals surface area contributed by atoms with Crippen molar-refractivity contribution >= 4 is 27.0 Å². The van der Waals surface area contributed by atoms with Crippen molar-refractivity contribution in [2.24, 2.45) is 5.73 Å². The van der Waals surface area contributed by atoms with E-state index in [9.17, 15) is 0 Å². The summed E-state index contributed by atoms with van der Waals surface area (Å²) in [6.07, 6.45) is 0. The molecule has 1 heterocycles. The molecule has 1 aromatic heterocycles. The summed E-state index contributed by atoms with van der Waals surface area (Å²) in [7, 11) is 1.65. The van der Waals surface area contributed by atoms with Gasteiger partial charge in [-0.2, -0.15) is 0 Å². The lowest BCUT2D eigenvalue weighted by atomic mass is 10.2. The third-order valence-electron chi connectivity index (χ3n) is 3.39. The Labute approximate surface area is 131 Å². The van der Waals surface area contributed by atoms with Crippen molar-refractivity contribution in [3.05, 3.63) is 52.8 Å². The van der Waals surface area contributed by atoms with Gasteiger partial charge in [0.05, 0.1) is 28.7 Å². The number of imidazole rings is 1. The first-order chi connectivity index (χ1) is 10.1. The maximum atomic E-state index is 6.11. The fraction of sp³-hybridized carbons (Fsp3) is 0.188. The van der Waals surface area contributed by atoms with E-state index in [1.54, 1.807) is 7.11 Å². The van der Waals surface area contributed by atoms with Gasteiger partial charge < -0.3 is 10.5 Å². The zero-order valence-corrected chi connectivity index (χ0v) is 13.5. The van der Waals surface area contributed by atoms with Gasteiger partial charge in [0.2, 0.25) is 0 Å². The van der Waals surface area contributed by atoms with Crippen LogP contribution < -0.4 is 10.5 Å². The molecule has 2 N–H and O–H groups in total. The average Bonchev–Trinajstić information content (AvgIpc) is 2.89. The van der Waals surface area contributed by atoms with Gasteiger partial charge in [0.25, 0.3) is 0 Å². The van der Waals surface area contributed by atoms with Crippen LogP contribution in [0, 0.1) is 0 Å². The van der Waals surface area contributed by atoms with Crippen molar-refractivity contribution in [1.82, 2.24) is 9.55 Å². The summed E-state index contributed by atoms with van der Waals surface area (Å²) in [6, 6.07) is 13.8. The Morgan fingerprint density at radius 1 is 1.19 bits per heavy atom. The molecule has 4 nitrogen and oxygen atoms in total. The number of hydrogen-bond acceptors (Lipinski definition) is 3. The van der Waals surface area contributed by atoms with E-state index in [0.717, 1.165) is 32.8 Å². The minimum atomic E-state index is -0.171. The molecule has 0 fully saturated rings. The standard InChI is InChI=1S/C16H16BrN3O/c1-10(18)16-19-12-8-9-13(21-2)14(17)15(12)20(16)11-6-4-3-5-7-11/h3-10H,18H2,1-2H3. The van der Waals surface area contributed by atoms with Crippen molar-refractivity contribution < 1.29 is 4.74 Å². The molecule has 3 rings (SSSR count). The molecule has 0 amide bonds. The fourth-order valence-electron chi connectivity index (χ4n) is 2.43. The van der Waals surface area contributed by atoms with Gasteiger partial charge in [0, 0.05) is 5.69 Å². The lowest BCUT2D eigenvalue weighted by Crippen LogP contribution is -2.12. The second-order valence-corrected chi connectivity index (χ2v) is 5.67. The molecule has 5 heteroatoms. The van der Waals surface area contributed by atoms with Gasteiger partial charge in [0.15, 0.2) is 0 Å². The predicted octanol–water partition coefficient (Wildman–Crippen LogP) is 3.82. The highest BCUT2D eigenvalue weighted by Gasteiger charge is 2.19. The van der Waals surface area contributed by atoms with Crippen molar-refractivity contribution in [1.29, 1.82) is 0 Å². The Kier molecular flexibility index (Phi) is 3.69. The number of ether oxygens (including phenoxy) is 1. The number of halogens is 1. The number of methoxy groups -OCH3 is 1. The normalized spacial score (nSPS) is 12.6. The van der Waals surface area contributed by atoms with Gasteiger partial charge in [-0.1, -0.05) is 18.2 Å². The maximum absolute atomic E-state index is 6.11. The molecule has 0 spiro atoms. The molecule has 0 saturated carbocycles. The number of nitrogens with zero attached hydrogens (tertiary/aromatic N) is 2. The zero-order valence-electron chi connectivity index (χ0n) is 11.9. The third kappa shape index (κ3) is 2.32. The number of hydrogen-bond donors (Lipinski definition) is 1. The number of aromatic nitrogens is 2. The van der Waals surface area contributed by atoms with Crippen molar-refractivity contribution in [3.63, 3.8) is 0 Å². The number of rotatable bonds is 3. The summed E-state index contributed by atoms with van der Waals surface area (Å²) in [5, 5.41) is 0. The Morgan fingerprint density at radius 2 is 1.90 bits per heavy atom. The highest BCUT2D eigenvalue weighted by molar-refractivity contribution is 9.10. The summed E-state index contributed by atoms with van der Waals surface area (Å²) >= 11 is 3.63. The zero-order chi connectivity index (χ0) is 15.0. The highest BCUT2D eigenvalue weighted by atomic mass is 79.9. The minimum absolute atomic E-state index is 0.171. The first kappa shape index (κ1) is 14.1. The Balaban J connectivity index is 2.41. The van der Waals surface area contributed by atoms with Crippen molar-refractivity contribution in [2.45, 2.75) is 13.0 Å². The fourth-order valence-corrected chi connectivity index (χ4v) is 3.10. The van der Waals surface area contributed by atoms with Crippen LogP contribution in [0.3, 0.4) is 0 Å². The Hall–Kier alpha value is -1.85. The molecule has 108 valence electrons. The molecule has 0 bridgehead atoms. The van der Waals surface area contributed by atoms with E-state index in [2.05, 4.69) is 25.5 Å². The van der Waals surface area contributed by atoms with E-state index in [0.29, 0.717) is 0 Å². The molecule has 2 aromatic carbocycles. The largest absolute Gasteiger partial charge is 0.495 e. The Morgan fingerprint density at radius 3 is 2.52 bits per heavy atom. The number of nitrogens with two attached hydrogens (primary N) is 1. The van der Waals surface area contributed by atoms with Crippen LogP contribution in [0.15, 0.2) is 46.9 Å². The molecule has 1 atom stereocenters. The van der Waals surface area contributed by atoms with Gasteiger partial charge >= 0.3 is 0 Å². The van der Waals surface area contributed by atoms with E-state index in [4.69, 9.17) is 10.5 Å². The molecule has 0 aliphatic rings. The van der Waals surface area contributed by atoms with Crippen LogP contribution in [-0.2, 0) is 0 Å². The first-order valence-corrected chi connectivity index (χ1v) is 7.48. The number of fused-ring (bicyclic) bond motifs is 1. The molecular weight excluding hydrogens is 330 g/mol. The van der Waals surface area contributed by atoms with Crippen LogP contribution in [-0.4, -0.2) is 16.7 Å². The molecule has 1 unspecified atom stereocenters. The Bertz CT molecular complexity index is 781. The third-order valence-corrected chi connectivity index (χ3v) is 4.16. The molecule has 0 radical (unpaired) electrons. The quantitative estimate of drug-likeness (QED) is 0.785. The topological polar surface area (TPSA) is 53.1 Å². The van der Waals surface area contributed by atoms with Gasteiger partial charge in [-0.3, -0.25) is 4.57 Å². The minimum Gasteiger partial charge on any atom is -0.495 e. The van der Waals surface area contributed by atoms with Crippen LogP contribution in [0.2, 0.25) is 0 Å². The van der Waals surface area contributed by atoms with Crippen LogP contribution in [0.5, 0.6) is 5.75 Å². The summed E-state index contributed by atoms with van der Waals surface area (Å²) in [4.78, 5) is 4.68. The van der Waals surface area contributed by atoms with E-state index in [1.807, 2.05) is 49.4 Å². The van der Waals surface area contributed by atoms with Crippen molar-refractivity contribution in [2.75, 3.05) is 7.11 Å². The van der Waals surface area contributed by atoms with E-state index >= 15 is 0 Å². The number of benzene rings is 2. The van der Waals surface area contributed by atoms with Gasteiger partial charge in [0.1, 0.15) is 11.6 Å². The lowest BCUT2D eigenvalue weighted by Gasteiger charge is -2.13. The SMILES string of the molecule is COc1ccc2nc(C(C)N)n(-c3ccccc3)c2c1Br. The van der Waals surface area contributed by atoms with Crippen LogP contribution in [0.25, 0.3) is 16.7 Å². The maximum Gasteiger partial charge on any atom is 0.135 e. The van der Waals surface area contributed by atoms with Crippen LogP contribution in [0.4, 0.5) is 0 Å². The summed E-state index contributed by atoms with van der Waals surface area (Å²) < 4.78 is 8.35. The van der Waals surface area contributed by atoms with E-state index in [1.165, 1.54) is 0 Å².